The Labute approximate surface area is 181 Å². The molecule has 0 radical (unpaired) electrons. The van der Waals surface area contributed by atoms with Gasteiger partial charge in [-0.3, -0.25) is 0 Å². The van der Waals surface area contributed by atoms with Crippen LogP contribution in [0.1, 0.15) is 34.7 Å². The van der Waals surface area contributed by atoms with Gasteiger partial charge in [-0.25, -0.2) is 23.5 Å². The number of hydrogen-bond donors (Lipinski definition) is 3. The molecule has 9 heteroatoms. The lowest BCUT2D eigenvalue weighted by atomic mass is 10.1. The van der Waals surface area contributed by atoms with Crippen molar-refractivity contribution >= 4 is 37.4 Å². The van der Waals surface area contributed by atoms with Crippen molar-refractivity contribution in [3.63, 3.8) is 0 Å². The molecule has 4 N–H and O–H groups in total. The molecule has 0 spiro atoms. The minimum Gasteiger partial charge on any atom is -0.369 e. The number of hydrogen-bond acceptors (Lipinski definition) is 6. The third-order valence-corrected chi connectivity index (χ3v) is 7.78. The summed E-state index contributed by atoms with van der Waals surface area (Å²) in [6, 6.07) is 6.71. The number of quaternary nitrogens is 1. The maximum atomic E-state index is 11.4. The van der Waals surface area contributed by atoms with E-state index < -0.39 is 10.0 Å². The van der Waals surface area contributed by atoms with E-state index in [1.165, 1.54) is 36.4 Å². The maximum Gasteiger partial charge on any atom is 0.238 e. The van der Waals surface area contributed by atoms with Gasteiger partial charge < -0.3 is 10.2 Å². The van der Waals surface area contributed by atoms with Gasteiger partial charge in [-0.15, -0.1) is 11.3 Å². The molecule has 0 saturated carbocycles. The Bertz CT molecular complexity index is 1150. The van der Waals surface area contributed by atoms with Crippen LogP contribution < -0.4 is 15.4 Å². The van der Waals surface area contributed by atoms with Crippen molar-refractivity contribution in [3.8, 4) is 0 Å². The molecule has 0 unspecified atom stereocenters. The van der Waals surface area contributed by atoms with Crippen molar-refractivity contribution in [1.82, 2.24) is 9.97 Å². The molecule has 0 atom stereocenters. The highest BCUT2D eigenvalue weighted by molar-refractivity contribution is 7.89. The van der Waals surface area contributed by atoms with Gasteiger partial charge >= 0.3 is 0 Å². The molecule has 1 saturated heterocycles. The summed E-state index contributed by atoms with van der Waals surface area (Å²) in [6.07, 6.45) is 3.32. The summed E-state index contributed by atoms with van der Waals surface area (Å²) < 4.78 is 22.8. The quantitative estimate of drug-likeness (QED) is 0.514. The summed E-state index contributed by atoms with van der Waals surface area (Å²) in [4.78, 5) is 13.8. The van der Waals surface area contributed by atoms with Crippen molar-refractivity contribution < 1.29 is 13.3 Å². The van der Waals surface area contributed by atoms with Gasteiger partial charge in [0.05, 0.1) is 23.4 Å². The summed E-state index contributed by atoms with van der Waals surface area (Å²) in [6.45, 7) is 8.22. The van der Waals surface area contributed by atoms with Crippen LogP contribution in [-0.2, 0) is 23.0 Å². The molecule has 30 heavy (non-hydrogen) atoms. The smallest absolute Gasteiger partial charge is 0.238 e. The lowest BCUT2D eigenvalue weighted by molar-refractivity contribution is -0.902. The number of rotatable bonds is 7. The minimum atomic E-state index is -3.66. The van der Waals surface area contributed by atoms with Gasteiger partial charge in [0, 0.05) is 24.3 Å². The molecular formula is C21H28N5O2S2+. The number of likely N-dealkylation sites (tertiary alicyclic amines) is 1. The first-order valence-electron chi connectivity index (χ1n) is 10.3. The lowest BCUT2D eigenvalue weighted by Crippen LogP contribution is -3.08. The van der Waals surface area contributed by atoms with Crippen LogP contribution in [0.15, 0.2) is 29.2 Å². The summed E-state index contributed by atoms with van der Waals surface area (Å²) in [5.41, 5.74) is 2.27. The summed E-state index contributed by atoms with van der Waals surface area (Å²) in [5, 5.41) is 9.79. The molecule has 7 nitrogen and oxygen atoms in total. The molecule has 160 valence electrons. The molecular weight excluding hydrogens is 418 g/mol. The van der Waals surface area contributed by atoms with Gasteiger partial charge in [0.15, 0.2) is 5.82 Å². The van der Waals surface area contributed by atoms with Crippen LogP contribution in [0.4, 0.5) is 5.82 Å². The van der Waals surface area contributed by atoms with Crippen LogP contribution in [0.3, 0.4) is 0 Å². The van der Waals surface area contributed by atoms with Crippen molar-refractivity contribution in [2.45, 2.75) is 44.6 Å². The number of benzene rings is 1. The molecule has 1 aliphatic heterocycles. The second-order valence-corrected chi connectivity index (χ2v) is 10.7. The fourth-order valence-electron chi connectivity index (χ4n) is 3.95. The second-order valence-electron chi connectivity index (χ2n) is 7.95. The third kappa shape index (κ3) is 4.64. The number of anilines is 1. The number of thiophene rings is 1. The number of nitrogens with one attached hydrogen (secondary N) is 2. The average Bonchev–Trinajstić information content (AvgIpc) is 3.29. The van der Waals surface area contributed by atoms with Gasteiger partial charge in [0.25, 0.3) is 0 Å². The van der Waals surface area contributed by atoms with Crippen LogP contribution in [0, 0.1) is 13.8 Å². The zero-order valence-corrected chi connectivity index (χ0v) is 19.0. The number of sulfonamides is 1. The molecule has 1 aromatic carbocycles. The normalized spacial score (nSPS) is 15.2. The molecule has 0 amide bonds. The van der Waals surface area contributed by atoms with Crippen molar-refractivity contribution in [2.75, 3.05) is 25.0 Å². The van der Waals surface area contributed by atoms with Crippen molar-refractivity contribution in [2.24, 2.45) is 5.14 Å². The zero-order valence-electron chi connectivity index (χ0n) is 17.4. The molecule has 3 aromatic rings. The van der Waals surface area contributed by atoms with E-state index in [4.69, 9.17) is 15.1 Å². The fraction of sp³-hybridized carbons (Fsp3) is 0.429. The Morgan fingerprint density at radius 2 is 1.83 bits per heavy atom. The number of aryl methyl sites for hydroxylation is 2. The number of primary sulfonamides is 1. The first-order chi connectivity index (χ1) is 14.3. The lowest BCUT2D eigenvalue weighted by Gasteiger charge is -2.13. The van der Waals surface area contributed by atoms with Gasteiger partial charge in [0.1, 0.15) is 17.2 Å². The Kier molecular flexibility index (Phi) is 6.06. The van der Waals surface area contributed by atoms with Crippen LogP contribution in [0.5, 0.6) is 0 Å². The summed E-state index contributed by atoms with van der Waals surface area (Å²) in [5.74, 6) is 1.80. The van der Waals surface area contributed by atoms with Gasteiger partial charge in [-0.05, 0) is 43.5 Å². The number of fused-ring (bicyclic) bond motifs is 1. The Hall–Kier alpha value is -2.07. The highest BCUT2D eigenvalue weighted by Crippen LogP contribution is 2.33. The van der Waals surface area contributed by atoms with E-state index >= 15 is 0 Å². The molecule has 4 rings (SSSR count). The van der Waals surface area contributed by atoms with Gasteiger partial charge in [0.2, 0.25) is 10.0 Å². The second kappa shape index (κ2) is 8.58. The van der Waals surface area contributed by atoms with E-state index in [0.29, 0.717) is 6.54 Å². The molecule has 0 bridgehead atoms. The Morgan fingerprint density at radius 3 is 2.50 bits per heavy atom. The number of nitrogens with two attached hydrogens (primary N) is 1. The molecule has 1 aliphatic rings. The first kappa shape index (κ1) is 21.2. The largest absolute Gasteiger partial charge is 0.369 e. The van der Waals surface area contributed by atoms with Crippen LogP contribution in [0.25, 0.3) is 10.2 Å². The van der Waals surface area contributed by atoms with Crippen LogP contribution >= 0.6 is 11.3 Å². The zero-order chi connectivity index (χ0) is 21.3. The van der Waals surface area contributed by atoms with Crippen LogP contribution in [0.2, 0.25) is 0 Å². The topological polar surface area (TPSA) is 102 Å². The van der Waals surface area contributed by atoms with Gasteiger partial charge in [-0.1, -0.05) is 12.1 Å². The molecule has 0 aliphatic carbocycles. The van der Waals surface area contributed by atoms with E-state index in [1.807, 2.05) is 0 Å². The Balaban J connectivity index is 1.52. The minimum absolute atomic E-state index is 0.134. The SMILES string of the molecule is Cc1sc2nc(C[NH+]3CCCC3)nc(NCCc3ccc(S(N)(=O)=O)cc3)c2c1C. The fourth-order valence-corrected chi connectivity index (χ4v) is 5.51. The van der Waals surface area contributed by atoms with Crippen LogP contribution in [-0.4, -0.2) is 38.0 Å². The summed E-state index contributed by atoms with van der Waals surface area (Å²) >= 11 is 1.73. The number of aromatic nitrogens is 2. The van der Waals surface area contributed by atoms with E-state index in [2.05, 4.69) is 19.2 Å². The highest BCUT2D eigenvalue weighted by Gasteiger charge is 2.20. The third-order valence-electron chi connectivity index (χ3n) is 5.75. The average molecular weight is 447 g/mol. The highest BCUT2D eigenvalue weighted by atomic mass is 32.2. The maximum absolute atomic E-state index is 11.4. The van der Waals surface area contributed by atoms with E-state index in [1.54, 1.807) is 40.5 Å². The van der Waals surface area contributed by atoms with Crippen molar-refractivity contribution in [1.29, 1.82) is 0 Å². The predicted octanol–water partition coefficient (Wildman–Crippen LogP) is 1.79. The van der Waals surface area contributed by atoms with E-state index in [0.717, 1.165) is 40.4 Å². The summed E-state index contributed by atoms with van der Waals surface area (Å²) in [7, 11) is -3.66. The first-order valence-corrected chi connectivity index (χ1v) is 12.6. The predicted molar refractivity (Wildman–Crippen MR) is 121 cm³/mol. The molecule has 3 heterocycles. The van der Waals surface area contributed by atoms with Crippen molar-refractivity contribution in [3.05, 3.63) is 46.1 Å². The molecule has 1 fully saturated rings. The van der Waals surface area contributed by atoms with E-state index in [9.17, 15) is 8.42 Å². The Morgan fingerprint density at radius 1 is 1.13 bits per heavy atom. The number of nitrogens with zero attached hydrogens (tertiary/aromatic N) is 2. The monoisotopic (exact) mass is 446 g/mol. The standard InChI is InChI=1S/C21H27N5O2S2/c1-14-15(2)29-21-19(14)20(24-18(25-21)13-26-11-3-4-12-26)23-10-9-16-5-7-17(8-6-16)30(22,27)28/h5-8H,3-4,9-13H2,1-2H3,(H2,22,27,28)(H,23,24,25)/p+1. The molecule has 2 aromatic heterocycles. The van der Waals surface area contributed by atoms with E-state index in [-0.39, 0.29) is 4.90 Å². The van der Waals surface area contributed by atoms with Gasteiger partial charge in [-0.2, -0.15) is 0 Å².